The number of esters is 2. The van der Waals surface area contributed by atoms with E-state index in [1.807, 2.05) is 43.3 Å². The number of halogens is 1. The van der Waals surface area contributed by atoms with E-state index in [1.54, 1.807) is 68.5 Å². The van der Waals surface area contributed by atoms with Crippen LogP contribution in [0.1, 0.15) is 59.4 Å². The molecule has 6 rings (SSSR count). The van der Waals surface area contributed by atoms with Crippen LogP contribution in [0.2, 0.25) is 0 Å². The minimum atomic E-state index is -0.917. The van der Waals surface area contributed by atoms with Crippen molar-refractivity contribution in [2.24, 2.45) is 4.99 Å². The number of hydrogen-bond donors (Lipinski definition) is 0. The molecule has 0 saturated carbocycles. The summed E-state index contributed by atoms with van der Waals surface area (Å²) in [5.41, 5.74) is 3.40. The lowest BCUT2D eigenvalue weighted by atomic mass is 9.93. The number of carbonyl (C=O) groups excluding carboxylic acids is 2. The highest BCUT2D eigenvalue weighted by atomic mass is 32.1. The summed E-state index contributed by atoms with van der Waals surface area (Å²) in [6.45, 7) is 6.37. The summed E-state index contributed by atoms with van der Waals surface area (Å²) in [5.74, 6) is -0.445. The molecule has 1 aromatic heterocycles. The van der Waals surface area contributed by atoms with Gasteiger partial charge in [0.25, 0.3) is 5.56 Å². The second-order valence-corrected chi connectivity index (χ2v) is 12.3. The zero-order chi connectivity index (χ0) is 35.9. The average molecular weight is 707 g/mol. The van der Waals surface area contributed by atoms with E-state index in [9.17, 15) is 18.8 Å². The molecule has 5 aromatic rings. The van der Waals surface area contributed by atoms with Crippen molar-refractivity contribution in [2.45, 2.75) is 33.4 Å². The van der Waals surface area contributed by atoms with Crippen molar-refractivity contribution in [1.29, 1.82) is 0 Å². The number of nitrogens with zero attached hydrogens (tertiary/aromatic N) is 2. The standard InChI is InChI=1S/C40H35FN2O7S/c1-4-47-32-22-26(14-21-31(32)50-24-25-12-15-29(16-13-25)38(45)48-5-2)23-33-37(44)43-36(28-17-19-30(41)20-18-28)34(39(46)49-6-3)35(42-40(43)51-33)27-10-8-7-9-11-27/h7-23,36H,4-6,24H2,1-3H3/b33-23-/t36-/m1/s1. The van der Waals surface area contributed by atoms with E-state index >= 15 is 0 Å². The molecule has 1 atom stereocenters. The van der Waals surface area contributed by atoms with E-state index in [-0.39, 0.29) is 30.3 Å². The highest BCUT2D eigenvalue weighted by Crippen LogP contribution is 2.35. The number of rotatable bonds is 12. The summed E-state index contributed by atoms with van der Waals surface area (Å²) in [6.07, 6.45) is 1.74. The minimum Gasteiger partial charge on any atom is -0.490 e. The van der Waals surface area contributed by atoms with E-state index in [0.717, 1.165) is 5.56 Å². The summed E-state index contributed by atoms with van der Waals surface area (Å²) < 4.78 is 38.5. The zero-order valence-electron chi connectivity index (χ0n) is 28.3. The lowest BCUT2D eigenvalue weighted by Gasteiger charge is -2.25. The fourth-order valence-corrected chi connectivity index (χ4v) is 6.67. The Morgan fingerprint density at radius 2 is 1.53 bits per heavy atom. The van der Waals surface area contributed by atoms with Crippen molar-refractivity contribution < 1.29 is 32.9 Å². The van der Waals surface area contributed by atoms with Gasteiger partial charge in [-0.05, 0) is 79.9 Å². The van der Waals surface area contributed by atoms with Crippen LogP contribution in [0.4, 0.5) is 4.39 Å². The Bertz CT molecular complexity index is 2260. The lowest BCUT2D eigenvalue weighted by Crippen LogP contribution is -2.40. The first-order chi connectivity index (χ1) is 24.8. The second kappa shape index (κ2) is 15.8. The van der Waals surface area contributed by atoms with Gasteiger partial charge in [0.2, 0.25) is 0 Å². The van der Waals surface area contributed by atoms with Gasteiger partial charge in [-0.15, -0.1) is 0 Å². The van der Waals surface area contributed by atoms with Crippen LogP contribution in [-0.2, 0) is 20.9 Å². The quantitative estimate of drug-likeness (QED) is 0.142. The molecule has 4 aromatic carbocycles. The Labute approximate surface area is 297 Å². The molecule has 0 N–H and O–H groups in total. The molecule has 0 amide bonds. The van der Waals surface area contributed by atoms with Crippen LogP contribution >= 0.6 is 11.3 Å². The maximum Gasteiger partial charge on any atom is 0.338 e. The molecular formula is C40H35FN2O7S. The highest BCUT2D eigenvalue weighted by Gasteiger charge is 2.35. The van der Waals surface area contributed by atoms with Gasteiger partial charge in [0.1, 0.15) is 12.4 Å². The summed E-state index contributed by atoms with van der Waals surface area (Å²) in [4.78, 5) is 45.1. The minimum absolute atomic E-state index is 0.120. The molecule has 0 radical (unpaired) electrons. The smallest absolute Gasteiger partial charge is 0.338 e. The maximum atomic E-state index is 14.2. The molecule has 0 fully saturated rings. The first kappa shape index (κ1) is 35.0. The average Bonchev–Trinajstić information content (AvgIpc) is 3.45. The van der Waals surface area contributed by atoms with Gasteiger partial charge < -0.3 is 18.9 Å². The number of benzene rings is 4. The van der Waals surface area contributed by atoms with Gasteiger partial charge >= 0.3 is 11.9 Å². The third kappa shape index (κ3) is 7.68. The molecular weight excluding hydrogens is 672 g/mol. The molecule has 51 heavy (non-hydrogen) atoms. The predicted octanol–water partition coefficient (Wildman–Crippen LogP) is 6.23. The number of ether oxygens (including phenoxy) is 4. The molecule has 0 saturated heterocycles. The van der Waals surface area contributed by atoms with Crippen LogP contribution in [0, 0.1) is 5.82 Å². The molecule has 0 bridgehead atoms. The van der Waals surface area contributed by atoms with Crippen LogP contribution in [0.5, 0.6) is 11.5 Å². The zero-order valence-corrected chi connectivity index (χ0v) is 29.1. The molecule has 1 aliphatic rings. The van der Waals surface area contributed by atoms with Crippen molar-refractivity contribution in [2.75, 3.05) is 19.8 Å². The number of thiazole rings is 1. The van der Waals surface area contributed by atoms with E-state index in [4.69, 9.17) is 23.9 Å². The Morgan fingerprint density at radius 3 is 2.22 bits per heavy atom. The molecule has 11 heteroatoms. The Hall–Kier alpha value is -5.81. The Balaban J connectivity index is 1.39. The van der Waals surface area contributed by atoms with Crippen molar-refractivity contribution >= 4 is 35.0 Å². The van der Waals surface area contributed by atoms with Crippen molar-refractivity contribution in [3.63, 3.8) is 0 Å². The van der Waals surface area contributed by atoms with Gasteiger partial charge in [0, 0.05) is 5.56 Å². The van der Waals surface area contributed by atoms with Gasteiger partial charge in [0.15, 0.2) is 16.3 Å². The number of fused-ring (bicyclic) bond motifs is 1. The van der Waals surface area contributed by atoms with Crippen LogP contribution in [0.3, 0.4) is 0 Å². The fraction of sp³-hybridized carbons (Fsp3) is 0.200. The molecule has 2 heterocycles. The third-order valence-electron chi connectivity index (χ3n) is 7.98. The summed E-state index contributed by atoms with van der Waals surface area (Å²) in [6, 6.07) is 26.4. The van der Waals surface area contributed by atoms with E-state index in [0.29, 0.717) is 62.0 Å². The normalized spacial score (nSPS) is 14.0. The molecule has 1 aliphatic heterocycles. The predicted molar refractivity (Wildman–Crippen MR) is 192 cm³/mol. The van der Waals surface area contributed by atoms with Crippen LogP contribution in [0.25, 0.3) is 11.8 Å². The highest BCUT2D eigenvalue weighted by molar-refractivity contribution is 7.07. The number of aromatic nitrogens is 1. The topological polar surface area (TPSA) is 105 Å². The Kier molecular flexibility index (Phi) is 10.9. The van der Waals surface area contributed by atoms with Crippen molar-refractivity contribution in [1.82, 2.24) is 4.57 Å². The molecule has 0 spiro atoms. The number of hydrogen-bond acceptors (Lipinski definition) is 9. The van der Waals surface area contributed by atoms with E-state index < -0.39 is 17.8 Å². The van der Waals surface area contributed by atoms with Gasteiger partial charge in [-0.3, -0.25) is 9.36 Å². The Morgan fingerprint density at radius 1 is 0.824 bits per heavy atom. The summed E-state index contributed by atoms with van der Waals surface area (Å²) >= 11 is 1.18. The van der Waals surface area contributed by atoms with E-state index in [1.165, 1.54) is 28.0 Å². The number of carbonyl (C=O) groups is 2. The maximum absolute atomic E-state index is 14.2. The second-order valence-electron chi connectivity index (χ2n) is 11.3. The van der Waals surface area contributed by atoms with Crippen LogP contribution in [-0.4, -0.2) is 36.3 Å². The molecule has 260 valence electrons. The van der Waals surface area contributed by atoms with E-state index in [2.05, 4.69) is 0 Å². The molecule has 0 unspecified atom stereocenters. The van der Waals surface area contributed by atoms with Gasteiger partial charge in [-0.25, -0.2) is 19.0 Å². The van der Waals surface area contributed by atoms with Crippen molar-refractivity contribution in [3.8, 4) is 11.5 Å². The van der Waals surface area contributed by atoms with Crippen molar-refractivity contribution in [3.05, 3.63) is 156 Å². The largest absolute Gasteiger partial charge is 0.490 e. The monoisotopic (exact) mass is 706 g/mol. The molecule has 9 nitrogen and oxygen atoms in total. The summed E-state index contributed by atoms with van der Waals surface area (Å²) in [7, 11) is 0. The third-order valence-corrected chi connectivity index (χ3v) is 8.97. The van der Waals surface area contributed by atoms with Crippen LogP contribution < -0.4 is 24.4 Å². The van der Waals surface area contributed by atoms with Gasteiger partial charge in [0.05, 0.1) is 47.2 Å². The van der Waals surface area contributed by atoms with Gasteiger partial charge in [-0.1, -0.05) is 72.0 Å². The first-order valence-electron chi connectivity index (χ1n) is 16.5. The van der Waals surface area contributed by atoms with Crippen LogP contribution in [0.15, 0.2) is 112 Å². The van der Waals surface area contributed by atoms with Gasteiger partial charge in [-0.2, -0.15) is 0 Å². The summed E-state index contributed by atoms with van der Waals surface area (Å²) in [5, 5.41) is 0. The first-order valence-corrected chi connectivity index (χ1v) is 17.3. The SMILES string of the molecule is CCOC(=O)C1=C(c2ccccc2)N=c2s/c(=C\c3ccc(OCc4ccc(C(=O)OCC)cc4)c(OCC)c3)c(=O)n2[C@@H]1c1ccc(F)cc1. The fourth-order valence-electron chi connectivity index (χ4n) is 5.67. The lowest BCUT2D eigenvalue weighted by molar-refractivity contribution is -0.138. The molecule has 0 aliphatic carbocycles.